The number of ether oxygens (including phenoxy) is 1. The van der Waals surface area contributed by atoms with Crippen molar-refractivity contribution in [2.75, 3.05) is 5.32 Å². The van der Waals surface area contributed by atoms with Crippen LogP contribution in [0.2, 0.25) is 10.0 Å². The van der Waals surface area contributed by atoms with Crippen molar-refractivity contribution >= 4 is 64.0 Å². The van der Waals surface area contributed by atoms with Crippen LogP contribution in [-0.2, 0) is 11.0 Å². The molecule has 1 amide bonds. The van der Waals surface area contributed by atoms with E-state index in [4.69, 9.17) is 40.2 Å². The van der Waals surface area contributed by atoms with E-state index in [0.717, 1.165) is 0 Å². The van der Waals surface area contributed by atoms with Crippen LogP contribution in [0.3, 0.4) is 0 Å². The van der Waals surface area contributed by atoms with Crippen LogP contribution in [0.25, 0.3) is 5.69 Å². The van der Waals surface area contributed by atoms with Crippen molar-refractivity contribution in [3.63, 3.8) is 0 Å². The third-order valence-corrected chi connectivity index (χ3v) is 5.76. The Morgan fingerprint density at radius 2 is 1.69 bits per heavy atom. The maximum Gasteiger partial charge on any atom is 0.446 e. The number of para-hydroxylation sites is 1. The third-order valence-electron chi connectivity index (χ3n) is 4.09. The first-order valence-corrected chi connectivity index (χ1v) is 11.1. The summed E-state index contributed by atoms with van der Waals surface area (Å²) in [4.78, 5) is 11.8. The fourth-order valence-corrected chi connectivity index (χ4v) is 4.14. The van der Waals surface area contributed by atoms with Crippen molar-refractivity contribution in [3.8, 4) is 17.5 Å². The van der Waals surface area contributed by atoms with Gasteiger partial charge in [0, 0.05) is 0 Å². The number of carbonyl (C=O) groups is 1. The number of carbonyl (C=O) groups excluding carboxylic acids is 1. The van der Waals surface area contributed by atoms with Gasteiger partial charge in [-0.05, 0) is 48.2 Å². The fraction of sp³-hybridized carbons (Fsp3) is 0.100. The highest BCUT2D eigenvalue weighted by Gasteiger charge is 2.37. The lowest BCUT2D eigenvalue weighted by molar-refractivity contribution is -0.137. The fourth-order valence-electron chi connectivity index (χ4n) is 2.69. The Hall–Kier alpha value is -2.99. The molecule has 0 radical (unpaired) electrons. The Bertz CT molecular complexity index is 1350. The van der Waals surface area contributed by atoms with Crippen molar-refractivity contribution in [1.82, 2.24) is 9.78 Å². The predicted octanol–water partition coefficient (Wildman–Crippen LogP) is 7.03. The molecule has 188 valence electrons. The van der Waals surface area contributed by atoms with E-state index in [1.807, 2.05) is 0 Å². The van der Waals surface area contributed by atoms with Gasteiger partial charge in [-0.25, -0.2) is 4.68 Å². The summed E-state index contributed by atoms with van der Waals surface area (Å²) in [5, 5.41) is 13.0. The molecule has 1 aromatic heterocycles. The Morgan fingerprint density at radius 3 is 2.19 bits per heavy atom. The quantitative estimate of drug-likeness (QED) is 0.201. The Labute approximate surface area is 217 Å². The van der Waals surface area contributed by atoms with Gasteiger partial charge in [-0.15, -0.1) is 0 Å². The maximum absolute atomic E-state index is 13.3. The van der Waals surface area contributed by atoms with Crippen molar-refractivity contribution in [2.24, 2.45) is 0 Å². The second-order valence-electron chi connectivity index (χ2n) is 6.54. The summed E-state index contributed by atoms with van der Waals surface area (Å²) >= 11 is 16.0. The minimum absolute atomic E-state index is 0.141. The van der Waals surface area contributed by atoms with E-state index in [9.17, 15) is 36.4 Å². The highest BCUT2D eigenvalue weighted by molar-refractivity contribution is 8.00. The molecule has 3 aromatic rings. The second kappa shape index (κ2) is 10.6. The summed E-state index contributed by atoms with van der Waals surface area (Å²) in [6, 6.07) is 10.0. The van der Waals surface area contributed by atoms with Crippen LogP contribution in [0.4, 0.5) is 32.2 Å². The molecular formula is C20H8Cl2F6N4O2S2. The summed E-state index contributed by atoms with van der Waals surface area (Å²) in [6.45, 7) is 0. The number of amides is 1. The second-order valence-corrected chi connectivity index (χ2v) is 8.80. The number of alkyl halides is 6. The van der Waals surface area contributed by atoms with Crippen LogP contribution < -0.4 is 10.1 Å². The van der Waals surface area contributed by atoms with Gasteiger partial charge in [0.15, 0.2) is 11.5 Å². The first-order chi connectivity index (χ1) is 16.7. The molecule has 2 aromatic carbocycles. The van der Waals surface area contributed by atoms with Crippen molar-refractivity contribution in [2.45, 2.75) is 16.6 Å². The summed E-state index contributed by atoms with van der Waals surface area (Å²) in [5.74, 6) is -1.85. The molecule has 16 heteroatoms. The van der Waals surface area contributed by atoms with Crippen molar-refractivity contribution in [3.05, 3.63) is 63.8 Å². The standard InChI is InChI=1S/C20H8Cl2F6N4O2S2/c21-11-6-9(19(23,24)25)7-12(22)14(11)32-16(15(13(8-29)31-32)36-20(26,27)28)30-17(33)18(35)34-10-4-2-1-3-5-10/h1-7H,(H,30,33). The SMILES string of the molecule is N#Cc1nn(-c2c(Cl)cc(C(F)(F)F)cc2Cl)c(NC(=O)C(=S)Oc2ccccc2)c1SC(F)(F)F. The number of halogens is 8. The molecule has 0 atom stereocenters. The van der Waals surface area contributed by atoms with Crippen LogP contribution in [0.1, 0.15) is 11.3 Å². The van der Waals surface area contributed by atoms with Gasteiger partial charge in [-0.3, -0.25) is 4.79 Å². The minimum atomic E-state index is -4.95. The van der Waals surface area contributed by atoms with Crippen molar-refractivity contribution < 1.29 is 35.9 Å². The topological polar surface area (TPSA) is 79.9 Å². The lowest BCUT2D eigenvalue weighted by Crippen LogP contribution is -2.27. The number of benzene rings is 2. The molecular weight excluding hydrogens is 577 g/mol. The average molecular weight is 585 g/mol. The molecule has 0 saturated heterocycles. The summed E-state index contributed by atoms with van der Waals surface area (Å²) < 4.78 is 84.8. The number of thiocarbonyl (C=S) groups is 1. The maximum atomic E-state index is 13.3. The number of anilines is 1. The van der Waals surface area contributed by atoms with Gasteiger partial charge in [0.2, 0.25) is 0 Å². The van der Waals surface area contributed by atoms with Gasteiger partial charge in [-0.2, -0.15) is 36.7 Å². The Kier molecular flexibility index (Phi) is 8.09. The van der Waals surface area contributed by atoms with E-state index >= 15 is 0 Å². The molecule has 0 spiro atoms. The largest absolute Gasteiger partial charge is 0.446 e. The van der Waals surface area contributed by atoms with Crippen LogP contribution in [0.5, 0.6) is 5.75 Å². The molecule has 6 nitrogen and oxygen atoms in total. The molecule has 3 rings (SSSR count). The lowest BCUT2D eigenvalue weighted by Gasteiger charge is -2.16. The molecule has 0 aliphatic carbocycles. The number of thioether (sulfide) groups is 1. The number of nitrogens with one attached hydrogen (secondary N) is 1. The van der Waals surface area contributed by atoms with Gasteiger partial charge in [0.05, 0.1) is 20.5 Å². The van der Waals surface area contributed by atoms with Crippen LogP contribution in [0.15, 0.2) is 47.4 Å². The van der Waals surface area contributed by atoms with Crippen molar-refractivity contribution in [1.29, 1.82) is 5.26 Å². The number of nitriles is 1. The number of hydrogen-bond donors (Lipinski definition) is 1. The third kappa shape index (κ3) is 6.41. The molecule has 0 fully saturated rings. The average Bonchev–Trinajstić information content (AvgIpc) is 3.08. The zero-order chi connectivity index (χ0) is 26.8. The van der Waals surface area contributed by atoms with E-state index in [0.29, 0.717) is 16.8 Å². The molecule has 0 aliphatic heterocycles. The molecule has 0 bridgehead atoms. The van der Waals surface area contributed by atoms with Gasteiger partial charge in [0.1, 0.15) is 17.5 Å². The van der Waals surface area contributed by atoms with E-state index in [2.05, 4.69) is 10.4 Å². The molecule has 1 N–H and O–H groups in total. The lowest BCUT2D eigenvalue weighted by atomic mass is 10.2. The number of aromatic nitrogens is 2. The molecule has 0 unspecified atom stereocenters. The van der Waals surface area contributed by atoms with Crippen LogP contribution >= 0.6 is 47.2 Å². The minimum Gasteiger partial charge on any atom is -0.440 e. The number of rotatable bonds is 4. The van der Waals surface area contributed by atoms with E-state index in [-0.39, 0.29) is 5.75 Å². The summed E-state index contributed by atoms with van der Waals surface area (Å²) in [7, 11) is 0. The monoisotopic (exact) mass is 584 g/mol. The first kappa shape index (κ1) is 27.6. The van der Waals surface area contributed by atoms with Crippen LogP contribution in [-0.4, -0.2) is 26.2 Å². The molecule has 1 heterocycles. The number of nitrogens with zero attached hydrogens (tertiary/aromatic N) is 3. The predicted molar refractivity (Wildman–Crippen MR) is 124 cm³/mol. The normalized spacial score (nSPS) is 11.6. The van der Waals surface area contributed by atoms with Crippen LogP contribution in [0, 0.1) is 11.3 Å². The Balaban J connectivity index is 2.13. The van der Waals surface area contributed by atoms with E-state index in [1.54, 1.807) is 18.2 Å². The summed E-state index contributed by atoms with van der Waals surface area (Å²) in [5.41, 5.74) is -7.55. The summed E-state index contributed by atoms with van der Waals surface area (Å²) in [6.07, 6.45) is -4.84. The van der Waals surface area contributed by atoms with E-state index < -0.39 is 72.1 Å². The smallest absolute Gasteiger partial charge is 0.440 e. The van der Waals surface area contributed by atoms with Gasteiger partial charge >= 0.3 is 17.6 Å². The van der Waals surface area contributed by atoms with E-state index in [1.165, 1.54) is 18.2 Å². The molecule has 36 heavy (non-hydrogen) atoms. The highest BCUT2D eigenvalue weighted by Crippen LogP contribution is 2.45. The molecule has 0 saturated carbocycles. The molecule has 0 aliphatic rings. The van der Waals surface area contributed by atoms with Gasteiger partial charge < -0.3 is 10.1 Å². The van der Waals surface area contributed by atoms with Gasteiger partial charge in [0.25, 0.3) is 5.05 Å². The highest BCUT2D eigenvalue weighted by atomic mass is 35.5. The first-order valence-electron chi connectivity index (χ1n) is 9.15. The number of hydrogen-bond acceptors (Lipinski definition) is 6. The van der Waals surface area contributed by atoms with Gasteiger partial charge in [-0.1, -0.05) is 41.4 Å². The zero-order valence-electron chi connectivity index (χ0n) is 17.0. The zero-order valence-corrected chi connectivity index (χ0v) is 20.2. The Morgan fingerprint density at radius 1 is 1.11 bits per heavy atom.